The minimum absolute atomic E-state index is 0.254. The number of hydrogen-bond acceptors (Lipinski definition) is 5. The van der Waals surface area contributed by atoms with E-state index in [4.69, 9.17) is 9.47 Å². The maximum atomic E-state index is 12.6. The molecule has 0 saturated heterocycles. The maximum Gasteiger partial charge on any atom is 0.249 e. The van der Waals surface area contributed by atoms with Gasteiger partial charge >= 0.3 is 0 Å². The topological polar surface area (TPSA) is 71.3 Å². The first-order valence-electron chi connectivity index (χ1n) is 10.6. The normalized spacial score (nSPS) is 15.9. The Labute approximate surface area is 188 Å². The second kappa shape index (κ2) is 9.57. The quantitative estimate of drug-likeness (QED) is 0.552. The van der Waals surface area contributed by atoms with E-state index in [-0.39, 0.29) is 11.3 Å². The molecule has 0 fully saturated rings. The van der Waals surface area contributed by atoms with E-state index < -0.39 is 0 Å². The minimum atomic E-state index is -0.254. The van der Waals surface area contributed by atoms with Gasteiger partial charge in [-0.2, -0.15) is 5.26 Å². The van der Waals surface area contributed by atoms with Crippen molar-refractivity contribution in [2.75, 3.05) is 19.5 Å². The Hall–Kier alpha value is -2.78. The predicted molar refractivity (Wildman–Crippen MR) is 126 cm³/mol. The molecule has 1 heterocycles. The molecule has 3 rings (SSSR count). The molecule has 0 aliphatic heterocycles. The van der Waals surface area contributed by atoms with Crippen LogP contribution >= 0.6 is 11.3 Å². The molecule has 1 N–H and O–H groups in total. The number of carbonyl (C=O) groups excluding carboxylic acids is 1. The number of thiophene rings is 1. The number of fused-ring (bicyclic) bond motifs is 1. The Morgan fingerprint density at radius 1 is 1.32 bits per heavy atom. The first-order valence-corrected chi connectivity index (χ1v) is 11.4. The third kappa shape index (κ3) is 4.94. The summed E-state index contributed by atoms with van der Waals surface area (Å²) in [6, 6.07) is 7.78. The fourth-order valence-corrected chi connectivity index (χ4v) is 5.31. The molecule has 0 bridgehead atoms. The van der Waals surface area contributed by atoms with Crippen molar-refractivity contribution in [1.82, 2.24) is 0 Å². The summed E-state index contributed by atoms with van der Waals surface area (Å²) < 4.78 is 10.5. The summed E-state index contributed by atoms with van der Waals surface area (Å²) >= 11 is 1.55. The van der Waals surface area contributed by atoms with Gasteiger partial charge in [0.15, 0.2) is 11.5 Å². The number of benzene rings is 1. The van der Waals surface area contributed by atoms with Crippen molar-refractivity contribution < 1.29 is 14.3 Å². The van der Waals surface area contributed by atoms with Crippen LogP contribution in [0.5, 0.6) is 11.5 Å². The number of ether oxygens (including phenoxy) is 2. The first kappa shape index (κ1) is 22.9. The maximum absolute atomic E-state index is 12.6. The fourth-order valence-electron chi connectivity index (χ4n) is 4.03. The van der Waals surface area contributed by atoms with Gasteiger partial charge in [-0.05, 0) is 59.9 Å². The molecule has 1 amide bonds. The third-order valence-electron chi connectivity index (χ3n) is 6.46. The molecule has 1 aromatic heterocycles. The summed E-state index contributed by atoms with van der Waals surface area (Å²) in [5.41, 5.74) is 2.85. The van der Waals surface area contributed by atoms with E-state index in [0.717, 1.165) is 36.8 Å². The van der Waals surface area contributed by atoms with Crippen LogP contribution in [0.3, 0.4) is 0 Å². The van der Waals surface area contributed by atoms with Crippen LogP contribution < -0.4 is 14.8 Å². The van der Waals surface area contributed by atoms with Gasteiger partial charge in [-0.3, -0.25) is 4.79 Å². The fraction of sp³-hybridized carbons (Fsp3) is 0.440. The van der Waals surface area contributed by atoms with Crippen molar-refractivity contribution >= 4 is 28.3 Å². The number of methoxy groups -OCH3 is 2. The Bertz CT molecular complexity index is 1030. The molecule has 2 aromatic rings. The molecule has 31 heavy (non-hydrogen) atoms. The van der Waals surface area contributed by atoms with Crippen LogP contribution in [0.25, 0.3) is 6.08 Å². The molecule has 6 heteroatoms. The van der Waals surface area contributed by atoms with E-state index in [0.29, 0.717) is 28.0 Å². The second-order valence-electron chi connectivity index (χ2n) is 8.54. The molecule has 1 aromatic carbocycles. The van der Waals surface area contributed by atoms with Gasteiger partial charge in [0.2, 0.25) is 5.91 Å². The molecule has 5 nitrogen and oxygen atoms in total. The number of hydrogen-bond donors (Lipinski definition) is 1. The third-order valence-corrected chi connectivity index (χ3v) is 7.63. The summed E-state index contributed by atoms with van der Waals surface area (Å²) in [5.74, 6) is 1.59. The van der Waals surface area contributed by atoms with Crippen molar-refractivity contribution in [3.8, 4) is 17.6 Å². The number of rotatable bonds is 7. The Morgan fingerprint density at radius 3 is 2.71 bits per heavy atom. The molecule has 0 radical (unpaired) electrons. The van der Waals surface area contributed by atoms with E-state index in [1.807, 2.05) is 12.1 Å². The number of nitriles is 1. The summed E-state index contributed by atoms with van der Waals surface area (Å²) in [7, 11) is 3.16. The monoisotopic (exact) mass is 438 g/mol. The largest absolute Gasteiger partial charge is 0.493 e. The van der Waals surface area contributed by atoms with Crippen molar-refractivity contribution in [3.63, 3.8) is 0 Å². The lowest BCUT2D eigenvalue weighted by molar-refractivity contribution is -0.111. The van der Waals surface area contributed by atoms with Gasteiger partial charge in [-0.1, -0.05) is 33.3 Å². The zero-order valence-electron chi connectivity index (χ0n) is 18.9. The molecule has 0 spiro atoms. The van der Waals surface area contributed by atoms with Gasteiger partial charge in [0.25, 0.3) is 0 Å². The average molecular weight is 439 g/mol. The van der Waals surface area contributed by atoms with Crippen LogP contribution in [-0.2, 0) is 17.6 Å². The predicted octanol–water partition coefficient (Wildman–Crippen LogP) is 5.83. The first-order chi connectivity index (χ1) is 14.8. The van der Waals surface area contributed by atoms with Gasteiger partial charge in [-0.15, -0.1) is 11.3 Å². The zero-order valence-corrected chi connectivity index (χ0v) is 19.7. The van der Waals surface area contributed by atoms with E-state index in [1.54, 1.807) is 37.7 Å². The molecule has 1 atom stereocenters. The molecular weight excluding hydrogens is 408 g/mol. The van der Waals surface area contributed by atoms with Crippen molar-refractivity contribution in [3.05, 3.63) is 45.8 Å². The van der Waals surface area contributed by atoms with E-state index in [2.05, 4.69) is 32.2 Å². The van der Waals surface area contributed by atoms with Crippen LogP contribution in [-0.4, -0.2) is 20.1 Å². The van der Waals surface area contributed by atoms with E-state index in [1.165, 1.54) is 11.0 Å². The number of nitrogens with one attached hydrogen (secondary N) is 1. The number of carbonyl (C=O) groups is 1. The summed E-state index contributed by atoms with van der Waals surface area (Å²) in [5, 5.41) is 13.3. The number of nitrogens with zero attached hydrogens (tertiary/aromatic N) is 1. The Morgan fingerprint density at radius 2 is 2.06 bits per heavy atom. The highest BCUT2D eigenvalue weighted by Crippen LogP contribution is 2.45. The molecule has 0 unspecified atom stereocenters. The molecule has 1 aliphatic carbocycles. The van der Waals surface area contributed by atoms with Gasteiger partial charge in [0.1, 0.15) is 11.1 Å². The van der Waals surface area contributed by atoms with Gasteiger partial charge in [0, 0.05) is 11.0 Å². The van der Waals surface area contributed by atoms with Crippen LogP contribution in [0, 0.1) is 22.7 Å². The highest BCUT2D eigenvalue weighted by Gasteiger charge is 2.34. The van der Waals surface area contributed by atoms with E-state index >= 15 is 0 Å². The standard InChI is InChI=1S/C25H30N2O3S/c1-6-25(2,3)17-9-10-18-19(15-26)24(31-22(18)14-17)27-23(28)12-8-16-7-11-20(29-4)21(13-16)30-5/h7-8,11-13,17H,6,9-10,14H2,1-5H3,(H,27,28)/b12-8-/t17-/m1/s1. The molecule has 1 aliphatic rings. The minimum Gasteiger partial charge on any atom is -0.493 e. The lowest BCUT2D eigenvalue weighted by Gasteiger charge is -2.36. The van der Waals surface area contributed by atoms with Crippen LogP contribution in [0.4, 0.5) is 5.00 Å². The van der Waals surface area contributed by atoms with Crippen LogP contribution in [0.2, 0.25) is 0 Å². The highest BCUT2D eigenvalue weighted by atomic mass is 32.1. The zero-order chi connectivity index (χ0) is 22.6. The smallest absolute Gasteiger partial charge is 0.249 e. The van der Waals surface area contributed by atoms with Gasteiger partial charge in [-0.25, -0.2) is 0 Å². The van der Waals surface area contributed by atoms with Crippen molar-refractivity contribution in [1.29, 1.82) is 5.26 Å². The lowest BCUT2D eigenvalue weighted by atomic mass is 9.69. The summed E-state index contributed by atoms with van der Waals surface area (Å²) in [6.45, 7) is 6.88. The van der Waals surface area contributed by atoms with Crippen molar-refractivity contribution in [2.45, 2.75) is 46.5 Å². The van der Waals surface area contributed by atoms with Gasteiger partial charge < -0.3 is 14.8 Å². The SMILES string of the molecule is CCC(C)(C)[C@@H]1CCc2c(sc(NC(=O)/C=C\c3ccc(OC)c(OC)c3)c2C#N)C1. The van der Waals surface area contributed by atoms with Crippen LogP contribution in [0.15, 0.2) is 24.3 Å². The highest BCUT2D eigenvalue weighted by molar-refractivity contribution is 7.16. The molecule has 164 valence electrons. The van der Waals surface area contributed by atoms with Crippen LogP contribution in [0.1, 0.15) is 55.2 Å². The number of amides is 1. The Balaban J connectivity index is 1.75. The summed E-state index contributed by atoms with van der Waals surface area (Å²) in [4.78, 5) is 13.8. The number of anilines is 1. The Kier molecular flexibility index (Phi) is 7.07. The lowest BCUT2D eigenvalue weighted by Crippen LogP contribution is -2.28. The summed E-state index contributed by atoms with van der Waals surface area (Å²) in [6.07, 6.45) is 7.30. The van der Waals surface area contributed by atoms with Crippen molar-refractivity contribution in [2.24, 2.45) is 11.3 Å². The second-order valence-corrected chi connectivity index (χ2v) is 9.64. The van der Waals surface area contributed by atoms with E-state index in [9.17, 15) is 10.1 Å². The molecule has 0 saturated carbocycles. The van der Waals surface area contributed by atoms with Gasteiger partial charge in [0.05, 0.1) is 19.8 Å². The molecular formula is C25H30N2O3S. The average Bonchev–Trinajstić information content (AvgIpc) is 3.13.